The number of carbonyl (C=O) groups is 1. The molecule has 0 unspecified atom stereocenters. The number of rotatable bonds is 7. The fourth-order valence-corrected chi connectivity index (χ4v) is 4.04. The summed E-state index contributed by atoms with van der Waals surface area (Å²) in [6.07, 6.45) is 3.57. The Kier molecular flexibility index (Phi) is 6.67. The van der Waals surface area contributed by atoms with Crippen LogP contribution < -0.4 is 15.4 Å². The van der Waals surface area contributed by atoms with Crippen molar-refractivity contribution in [3.63, 3.8) is 0 Å². The minimum atomic E-state index is -0.262. The van der Waals surface area contributed by atoms with Gasteiger partial charge >= 0.3 is 6.03 Å². The third-order valence-corrected chi connectivity index (χ3v) is 5.50. The Labute approximate surface area is 198 Å². The van der Waals surface area contributed by atoms with E-state index in [1.54, 1.807) is 10.9 Å². The van der Waals surface area contributed by atoms with E-state index in [2.05, 4.69) is 27.0 Å². The molecule has 2 heterocycles. The predicted octanol–water partition coefficient (Wildman–Crippen LogP) is 5.69. The first-order valence-electron chi connectivity index (χ1n) is 11.2. The Morgan fingerprint density at radius 1 is 1.06 bits per heavy atom. The van der Waals surface area contributed by atoms with Gasteiger partial charge in [-0.2, -0.15) is 5.10 Å². The number of benzene rings is 2. The summed E-state index contributed by atoms with van der Waals surface area (Å²) in [5, 5.41) is 13.9. The van der Waals surface area contributed by atoms with E-state index in [9.17, 15) is 4.79 Å². The number of anilines is 1. The van der Waals surface area contributed by atoms with Crippen molar-refractivity contribution in [2.45, 2.75) is 41.2 Å². The second-order valence-corrected chi connectivity index (χ2v) is 8.43. The molecule has 4 rings (SSSR count). The molecular weight excluding hydrogens is 430 g/mol. The number of nitrogens with zero attached hydrogens (tertiary/aromatic N) is 3. The summed E-state index contributed by atoms with van der Waals surface area (Å²) in [7, 11) is 0. The molecule has 4 aromatic rings. The van der Waals surface area contributed by atoms with Crippen LogP contribution in [0.4, 0.5) is 10.5 Å². The lowest BCUT2D eigenvalue weighted by Gasteiger charge is -2.16. The van der Waals surface area contributed by atoms with Gasteiger partial charge in [0.25, 0.3) is 0 Å². The fourth-order valence-electron chi connectivity index (χ4n) is 4.04. The van der Waals surface area contributed by atoms with Crippen molar-refractivity contribution in [3.05, 3.63) is 76.9 Å². The highest BCUT2D eigenvalue weighted by atomic mass is 16.5. The van der Waals surface area contributed by atoms with Crippen molar-refractivity contribution in [2.75, 3.05) is 11.9 Å². The van der Waals surface area contributed by atoms with Crippen molar-refractivity contribution in [3.8, 4) is 22.6 Å². The van der Waals surface area contributed by atoms with Gasteiger partial charge in [-0.05, 0) is 87.2 Å². The average molecular weight is 460 g/mol. The van der Waals surface area contributed by atoms with E-state index < -0.39 is 0 Å². The molecule has 2 aromatic carbocycles. The van der Waals surface area contributed by atoms with Crippen LogP contribution in [0.15, 0.2) is 53.3 Å². The van der Waals surface area contributed by atoms with E-state index >= 15 is 0 Å². The molecular formula is C26H29N5O3. The second kappa shape index (κ2) is 9.82. The van der Waals surface area contributed by atoms with Gasteiger partial charge in [-0.15, -0.1) is 0 Å². The Balaban J connectivity index is 1.47. The standard InChI is InChI=1S/C26H29N5O3/c1-16-11-21(24-19(4)30-34-20(24)5)15-23(12-16)33-25-17(2)13-22(14-18(25)3)29-26(32)27-8-10-31-9-6-7-28-31/h6-7,9,11-15H,8,10H2,1-5H3,(H2,27,29,32). The van der Waals surface area contributed by atoms with Gasteiger partial charge in [-0.1, -0.05) is 11.2 Å². The molecule has 0 aliphatic rings. The number of hydrogen-bond donors (Lipinski definition) is 2. The highest BCUT2D eigenvalue weighted by Crippen LogP contribution is 2.35. The number of nitrogens with one attached hydrogen (secondary N) is 2. The molecule has 2 amide bonds. The number of ether oxygens (including phenoxy) is 1. The van der Waals surface area contributed by atoms with Crippen molar-refractivity contribution in [1.82, 2.24) is 20.3 Å². The van der Waals surface area contributed by atoms with Crippen LogP contribution in [-0.2, 0) is 6.54 Å². The third-order valence-electron chi connectivity index (χ3n) is 5.50. The first-order valence-corrected chi connectivity index (χ1v) is 11.2. The van der Waals surface area contributed by atoms with Crippen LogP contribution in [0.2, 0.25) is 0 Å². The number of aromatic nitrogens is 3. The maximum Gasteiger partial charge on any atom is 0.319 e. The van der Waals surface area contributed by atoms with Crippen molar-refractivity contribution in [1.29, 1.82) is 0 Å². The number of amides is 2. The lowest BCUT2D eigenvalue weighted by molar-refractivity contribution is 0.251. The highest BCUT2D eigenvalue weighted by molar-refractivity contribution is 5.89. The predicted molar refractivity (Wildman–Crippen MR) is 131 cm³/mol. The molecule has 0 radical (unpaired) electrons. The van der Waals surface area contributed by atoms with Crippen molar-refractivity contribution >= 4 is 11.7 Å². The van der Waals surface area contributed by atoms with Crippen LogP contribution in [0.5, 0.6) is 11.5 Å². The number of carbonyl (C=O) groups excluding carboxylic acids is 1. The topological polar surface area (TPSA) is 94.2 Å². The minimum Gasteiger partial charge on any atom is -0.457 e. The number of urea groups is 1. The fraction of sp³-hybridized carbons (Fsp3) is 0.269. The van der Waals surface area contributed by atoms with E-state index in [1.807, 2.05) is 71.1 Å². The third kappa shape index (κ3) is 5.28. The summed E-state index contributed by atoms with van der Waals surface area (Å²) in [6, 6.07) is 11.5. The zero-order valence-corrected chi connectivity index (χ0v) is 20.1. The molecule has 0 saturated carbocycles. The van der Waals surface area contributed by atoms with E-state index in [-0.39, 0.29) is 6.03 Å². The lowest BCUT2D eigenvalue weighted by Crippen LogP contribution is -2.31. The molecule has 0 spiro atoms. The van der Waals surface area contributed by atoms with Gasteiger partial charge in [0.2, 0.25) is 0 Å². The van der Waals surface area contributed by atoms with E-state index in [0.717, 1.165) is 50.8 Å². The molecule has 0 aliphatic heterocycles. The van der Waals surface area contributed by atoms with Crippen LogP contribution in [0, 0.1) is 34.6 Å². The molecule has 8 heteroatoms. The minimum absolute atomic E-state index is 0.262. The monoisotopic (exact) mass is 459 g/mol. The lowest BCUT2D eigenvalue weighted by atomic mass is 10.0. The summed E-state index contributed by atoms with van der Waals surface area (Å²) >= 11 is 0. The van der Waals surface area contributed by atoms with Gasteiger partial charge in [-0.3, -0.25) is 4.68 Å². The summed E-state index contributed by atoms with van der Waals surface area (Å²) in [6.45, 7) is 10.9. The summed E-state index contributed by atoms with van der Waals surface area (Å²) in [5.74, 6) is 2.28. The van der Waals surface area contributed by atoms with Gasteiger partial charge in [0.05, 0.1) is 12.2 Å². The molecule has 34 heavy (non-hydrogen) atoms. The number of hydrogen-bond acceptors (Lipinski definition) is 5. The van der Waals surface area contributed by atoms with Crippen LogP contribution in [0.1, 0.15) is 28.1 Å². The Morgan fingerprint density at radius 2 is 1.82 bits per heavy atom. The molecule has 2 N–H and O–H groups in total. The van der Waals surface area contributed by atoms with Crippen molar-refractivity contribution < 1.29 is 14.1 Å². The molecule has 0 saturated heterocycles. The molecule has 0 atom stereocenters. The van der Waals surface area contributed by atoms with Crippen LogP contribution in [-0.4, -0.2) is 27.5 Å². The van der Waals surface area contributed by atoms with Crippen LogP contribution >= 0.6 is 0 Å². The van der Waals surface area contributed by atoms with Crippen molar-refractivity contribution in [2.24, 2.45) is 0 Å². The zero-order chi connectivity index (χ0) is 24.2. The van der Waals surface area contributed by atoms with Gasteiger partial charge in [0, 0.05) is 30.2 Å². The van der Waals surface area contributed by atoms with E-state index in [4.69, 9.17) is 9.26 Å². The molecule has 0 bridgehead atoms. The number of aryl methyl sites for hydroxylation is 5. The molecule has 176 valence electrons. The van der Waals surface area contributed by atoms with Crippen LogP contribution in [0.25, 0.3) is 11.1 Å². The molecule has 0 fully saturated rings. The van der Waals surface area contributed by atoms with Gasteiger partial charge in [-0.25, -0.2) is 4.79 Å². The maximum absolute atomic E-state index is 12.3. The Morgan fingerprint density at radius 3 is 2.47 bits per heavy atom. The quantitative estimate of drug-likeness (QED) is 0.370. The molecule has 2 aromatic heterocycles. The maximum atomic E-state index is 12.3. The summed E-state index contributed by atoms with van der Waals surface area (Å²) in [5.41, 5.74) is 6.47. The zero-order valence-electron chi connectivity index (χ0n) is 20.1. The largest absolute Gasteiger partial charge is 0.457 e. The first-order chi connectivity index (χ1) is 16.3. The van der Waals surface area contributed by atoms with E-state index in [1.165, 1.54) is 0 Å². The average Bonchev–Trinajstić information content (AvgIpc) is 3.40. The molecule has 0 aliphatic carbocycles. The normalized spacial score (nSPS) is 10.9. The smallest absolute Gasteiger partial charge is 0.319 e. The Bertz CT molecular complexity index is 1270. The van der Waals surface area contributed by atoms with E-state index in [0.29, 0.717) is 18.8 Å². The first kappa shape index (κ1) is 23.1. The molecule has 8 nitrogen and oxygen atoms in total. The Hall–Kier alpha value is -4.07. The van der Waals surface area contributed by atoms with Crippen LogP contribution in [0.3, 0.4) is 0 Å². The highest BCUT2D eigenvalue weighted by Gasteiger charge is 2.15. The summed E-state index contributed by atoms with van der Waals surface area (Å²) in [4.78, 5) is 12.3. The summed E-state index contributed by atoms with van der Waals surface area (Å²) < 4.78 is 13.4. The van der Waals surface area contributed by atoms with Gasteiger partial charge in [0.15, 0.2) is 0 Å². The van der Waals surface area contributed by atoms with Gasteiger partial charge in [0.1, 0.15) is 17.3 Å². The SMILES string of the molecule is Cc1cc(Oc2c(C)cc(NC(=O)NCCn3cccn3)cc2C)cc(-c2c(C)noc2C)c1. The second-order valence-electron chi connectivity index (χ2n) is 8.43. The van der Waals surface area contributed by atoms with Gasteiger partial charge < -0.3 is 19.9 Å².